The molecule has 0 rings (SSSR count). The minimum Gasteiger partial charge on any atom is 0 e. The third-order valence-corrected chi connectivity index (χ3v) is 1.27. The fourth-order valence-corrected chi connectivity index (χ4v) is 0.983. The first kappa shape index (κ1) is 11.5. The van der Waals surface area contributed by atoms with Crippen molar-refractivity contribution in [1.29, 1.82) is 0 Å². The van der Waals surface area contributed by atoms with Gasteiger partial charge < -0.3 is 0 Å². The molecule has 0 aromatic carbocycles. The van der Waals surface area contributed by atoms with Crippen molar-refractivity contribution in [2.24, 2.45) is 0 Å². The molecule has 0 heterocycles. The molecule has 39 valence electrons. The van der Waals surface area contributed by atoms with Crippen molar-refractivity contribution < 1.29 is 56.0 Å². The quantitative estimate of drug-likeness (QED) is 0.768. The van der Waals surface area contributed by atoms with Gasteiger partial charge in [0, 0.05) is 26.2 Å². The molecule has 0 amide bonds. The van der Waals surface area contributed by atoms with E-state index in [1.165, 1.54) is 24.7 Å². The third-order valence-electron chi connectivity index (χ3n) is 0.562. The Morgan fingerprint density at radius 3 is 2.14 bits per heavy atom. The molecule has 0 aromatic heterocycles. The largest absolute Gasteiger partial charge is 0 e. The summed E-state index contributed by atoms with van der Waals surface area (Å²) >= 11 is 1.24. The molecule has 1 atom stereocenters. The van der Waals surface area contributed by atoms with Crippen LogP contribution in [0.4, 0.5) is 0 Å². The normalized spacial score (nSPS) is 12.1. The van der Waals surface area contributed by atoms with Gasteiger partial charge in [-0.3, -0.25) is 0 Å². The maximum atomic E-state index is 8.59. The van der Waals surface area contributed by atoms with E-state index in [9.17, 15) is 0 Å². The van der Waals surface area contributed by atoms with Crippen molar-refractivity contribution in [3.05, 3.63) is 0 Å². The van der Waals surface area contributed by atoms with Crippen molar-refractivity contribution in [2.75, 3.05) is 0 Å². The summed E-state index contributed by atoms with van der Waals surface area (Å²) in [7, 11) is 0. The van der Waals surface area contributed by atoms with E-state index < -0.39 is 0 Å². The summed E-state index contributed by atoms with van der Waals surface area (Å²) in [5, 5.41) is 8.59. The summed E-state index contributed by atoms with van der Waals surface area (Å²) in [6.07, 6.45) is 2.07. The van der Waals surface area contributed by atoms with Crippen molar-refractivity contribution in [3.8, 4) is 0 Å². The van der Waals surface area contributed by atoms with Crippen LogP contribution in [0.2, 0.25) is 0 Å². The van der Waals surface area contributed by atoms with Crippen LogP contribution >= 0.6 is 0 Å². The molecular formula is C4H9OZr2. The predicted octanol–water partition coefficient (Wildman–Crippen LogP) is 0.649. The summed E-state index contributed by atoms with van der Waals surface area (Å²) in [6.45, 7) is 2.08. The van der Waals surface area contributed by atoms with Crippen LogP contribution in [0.15, 0.2) is 0 Å². The maximum absolute atomic E-state index is 8.59. The van der Waals surface area contributed by atoms with Gasteiger partial charge in [0.15, 0.2) is 0 Å². The van der Waals surface area contributed by atoms with Gasteiger partial charge in [0.2, 0.25) is 0 Å². The van der Waals surface area contributed by atoms with E-state index in [-0.39, 0.29) is 30.0 Å². The summed E-state index contributed by atoms with van der Waals surface area (Å²) in [5.74, 6) is 0. The van der Waals surface area contributed by atoms with Crippen LogP contribution in [0.1, 0.15) is 19.8 Å². The summed E-state index contributed by atoms with van der Waals surface area (Å²) < 4.78 is -0.0119. The molecule has 0 bridgehead atoms. The van der Waals surface area contributed by atoms with Gasteiger partial charge in [0.05, 0.1) is 0 Å². The van der Waals surface area contributed by atoms with Gasteiger partial charge in [-0.15, -0.1) is 0 Å². The molecule has 1 N–H and O–H groups in total. The SMILES string of the molecule is CCC[CH](O)[Zr].[Zr]. The second kappa shape index (κ2) is 7.73. The molecule has 1 nitrogen and oxygen atoms in total. The Morgan fingerprint density at radius 2 is 2.14 bits per heavy atom. The van der Waals surface area contributed by atoms with Gasteiger partial charge in [0.1, 0.15) is 0 Å². The Hall–Kier alpha value is 1.73. The molecule has 0 saturated carbocycles. The van der Waals surface area contributed by atoms with Gasteiger partial charge in [0.25, 0.3) is 0 Å². The minimum absolute atomic E-state index is 0. The van der Waals surface area contributed by atoms with Crippen LogP contribution < -0.4 is 0 Å². The Morgan fingerprint density at radius 1 is 1.71 bits per heavy atom. The average Bonchev–Trinajstić information content (AvgIpc) is 1.35. The van der Waals surface area contributed by atoms with Crippen molar-refractivity contribution in [3.63, 3.8) is 0 Å². The molecule has 3 heteroatoms. The van der Waals surface area contributed by atoms with Crippen LogP contribution in [0.5, 0.6) is 0 Å². The van der Waals surface area contributed by atoms with Crippen molar-refractivity contribution in [1.82, 2.24) is 0 Å². The Labute approximate surface area is 78.8 Å². The third kappa shape index (κ3) is 11.3. The maximum Gasteiger partial charge on any atom is 0 e. The van der Waals surface area contributed by atoms with E-state index in [4.69, 9.17) is 5.11 Å². The average molecular weight is 256 g/mol. The number of rotatable bonds is 2. The van der Waals surface area contributed by atoms with E-state index in [0.717, 1.165) is 12.8 Å². The molecule has 0 saturated heterocycles. The fourth-order valence-electron chi connectivity index (χ4n) is 0.273. The Kier molecular flexibility index (Phi) is 12.7. The first-order chi connectivity index (χ1) is 2.77. The van der Waals surface area contributed by atoms with Crippen LogP contribution in [0.3, 0.4) is 0 Å². The van der Waals surface area contributed by atoms with Crippen LogP contribution in [-0.2, 0) is 50.9 Å². The zero-order chi connectivity index (χ0) is 4.99. The molecule has 0 fully saturated rings. The summed E-state index contributed by atoms with van der Waals surface area (Å²) in [5.41, 5.74) is 0. The first-order valence-corrected chi connectivity index (χ1v) is 3.58. The molecule has 0 radical (unpaired) electrons. The van der Waals surface area contributed by atoms with Crippen molar-refractivity contribution in [2.45, 2.75) is 23.6 Å². The number of hydrogen-bond donors (Lipinski definition) is 1. The Balaban J connectivity index is 0. The van der Waals surface area contributed by atoms with Gasteiger partial charge >= 0.3 is 53.4 Å². The van der Waals surface area contributed by atoms with E-state index in [2.05, 4.69) is 6.92 Å². The predicted molar refractivity (Wildman–Crippen MR) is 20.9 cm³/mol. The topological polar surface area (TPSA) is 20.2 Å². The number of aliphatic hydroxyl groups is 1. The van der Waals surface area contributed by atoms with Gasteiger partial charge in [-0.25, -0.2) is 0 Å². The summed E-state index contributed by atoms with van der Waals surface area (Å²) in [6, 6.07) is 0. The molecule has 0 aliphatic rings. The zero-order valence-electron chi connectivity index (χ0n) is 4.44. The van der Waals surface area contributed by atoms with E-state index >= 15 is 0 Å². The molecule has 0 aliphatic heterocycles. The van der Waals surface area contributed by atoms with E-state index in [0.29, 0.717) is 0 Å². The molecule has 0 aliphatic carbocycles. The standard InChI is InChI=1S/C4H9O.2Zr/c1-2-3-4-5;;/h4-5H,2-3H2,1H3;;. The van der Waals surface area contributed by atoms with Gasteiger partial charge in [-0.05, 0) is 0 Å². The van der Waals surface area contributed by atoms with E-state index in [1.807, 2.05) is 0 Å². The first-order valence-electron chi connectivity index (χ1n) is 2.16. The van der Waals surface area contributed by atoms with Crippen LogP contribution in [-0.4, -0.2) is 8.92 Å². The smallest absolute Gasteiger partial charge is 0 e. The van der Waals surface area contributed by atoms with Crippen molar-refractivity contribution >= 4 is 0 Å². The molecule has 0 spiro atoms. The molecular weight excluding hydrogens is 246 g/mol. The second-order valence-corrected chi connectivity index (χ2v) is 2.94. The molecule has 1 unspecified atom stereocenters. The van der Waals surface area contributed by atoms with Gasteiger partial charge in [-0.2, -0.15) is 0 Å². The number of hydrogen-bond acceptors (Lipinski definition) is 1. The monoisotopic (exact) mass is 253 g/mol. The molecule has 0 aromatic rings. The van der Waals surface area contributed by atoms with Crippen LogP contribution in [0.25, 0.3) is 0 Å². The zero-order valence-corrected chi connectivity index (χ0v) is 9.35. The van der Waals surface area contributed by atoms with Gasteiger partial charge in [-0.1, -0.05) is 0 Å². The van der Waals surface area contributed by atoms with Crippen LogP contribution in [0, 0.1) is 0 Å². The fraction of sp³-hybridized carbons (Fsp3) is 1.00. The number of aliphatic hydroxyl groups excluding tert-OH is 1. The summed E-state index contributed by atoms with van der Waals surface area (Å²) in [4.78, 5) is 0. The second-order valence-electron chi connectivity index (χ2n) is 1.30. The Bertz CT molecular complexity index is 30.9. The van der Waals surface area contributed by atoms with E-state index in [1.54, 1.807) is 0 Å². The minimum atomic E-state index is -0.0119. The molecule has 7 heavy (non-hydrogen) atoms.